The third-order valence-corrected chi connectivity index (χ3v) is 5.53. The van der Waals surface area contributed by atoms with Gasteiger partial charge < -0.3 is 14.5 Å². The normalized spacial score (nSPS) is 17.8. The molecule has 1 saturated heterocycles. The molecular formula is C21H25FN4O2. The molecule has 2 fully saturated rings. The van der Waals surface area contributed by atoms with Crippen LogP contribution in [0.25, 0.3) is 0 Å². The van der Waals surface area contributed by atoms with Crippen molar-refractivity contribution in [2.75, 3.05) is 31.1 Å². The fourth-order valence-corrected chi connectivity index (χ4v) is 3.79. The molecule has 1 aromatic carbocycles. The fraction of sp³-hybridized carbons (Fsp3) is 0.476. The van der Waals surface area contributed by atoms with Gasteiger partial charge in [0.2, 0.25) is 5.88 Å². The number of piperazine rings is 1. The van der Waals surface area contributed by atoms with E-state index in [2.05, 4.69) is 14.9 Å². The van der Waals surface area contributed by atoms with Crippen molar-refractivity contribution < 1.29 is 13.9 Å². The van der Waals surface area contributed by atoms with Crippen molar-refractivity contribution in [3.05, 3.63) is 47.5 Å². The van der Waals surface area contributed by atoms with Gasteiger partial charge in [0.05, 0.1) is 0 Å². The van der Waals surface area contributed by atoms with E-state index in [9.17, 15) is 9.18 Å². The lowest BCUT2D eigenvalue weighted by Crippen LogP contribution is -2.49. The highest BCUT2D eigenvalue weighted by Crippen LogP contribution is 2.25. The number of hydrogen-bond acceptors (Lipinski definition) is 5. The summed E-state index contributed by atoms with van der Waals surface area (Å²) < 4.78 is 19.7. The maximum atomic E-state index is 13.8. The van der Waals surface area contributed by atoms with Crippen molar-refractivity contribution in [3.63, 3.8) is 0 Å². The average Bonchev–Trinajstić information content (AvgIpc) is 3.23. The van der Waals surface area contributed by atoms with Gasteiger partial charge in [-0.05, 0) is 50.3 Å². The lowest BCUT2D eigenvalue weighted by Gasteiger charge is -2.35. The third-order valence-electron chi connectivity index (χ3n) is 5.53. The van der Waals surface area contributed by atoms with Crippen LogP contribution in [0.4, 0.5) is 10.2 Å². The molecule has 7 heteroatoms. The number of hydrogen-bond donors (Lipinski definition) is 0. The largest absolute Gasteiger partial charge is 0.474 e. The predicted molar refractivity (Wildman–Crippen MR) is 104 cm³/mol. The van der Waals surface area contributed by atoms with Crippen molar-refractivity contribution in [2.24, 2.45) is 0 Å². The molecular weight excluding hydrogens is 359 g/mol. The summed E-state index contributed by atoms with van der Waals surface area (Å²) in [5.41, 5.74) is 0.937. The number of amides is 1. The zero-order chi connectivity index (χ0) is 19.5. The van der Waals surface area contributed by atoms with Crippen molar-refractivity contribution in [1.82, 2.24) is 14.9 Å². The molecule has 1 saturated carbocycles. The molecule has 0 atom stereocenters. The summed E-state index contributed by atoms with van der Waals surface area (Å²) in [5, 5.41) is 0. The average molecular weight is 384 g/mol. The van der Waals surface area contributed by atoms with Crippen molar-refractivity contribution in [2.45, 2.75) is 38.7 Å². The second kappa shape index (κ2) is 8.12. The Morgan fingerprint density at radius 3 is 2.57 bits per heavy atom. The summed E-state index contributed by atoms with van der Waals surface area (Å²) in [6.07, 6.45) is 6.38. The minimum Gasteiger partial charge on any atom is -0.474 e. The smallest absolute Gasteiger partial charge is 0.254 e. The van der Waals surface area contributed by atoms with E-state index in [0.29, 0.717) is 43.2 Å². The monoisotopic (exact) mass is 384 g/mol. The van der Waals surface area contributed by atoms with Crippen molar-refractivity contribution in [3.8, 4) is 5.88 Å². The third kappa shape index (κ3) is 4.08. The van der Waals surface area contributed by atoms with E-state index < -0.39 is 0 Å². The number of rotatable bonds is 4. The van der Waals surface area contributed by atoms with E-state index in [1.54, 1.807) is 24.0 Å². The maximum absolute atomic E-state index is 13.8. The zero-order valence-electron chi connectivity index (χ0n) is 16.1. The van der Waals surface area contributed by atoms with Crippen LogP contribution in [0.3, 0.4) is 0 Å². The number of anilines is 1. The molecule has 0 unspecified atom stereocenters. The van der Waals surface area contributed by atoms with E-state index in [0.717, 1.165) is 18.7 Å². The van der Waals surface area contributed by atoms with Gasteiger partial charge in [-0.1, -0.05) is 6.07 Å². The van der Waals surface area contributed by atoms with E-state index in [1.807, 2.05) is 6.07 Å². The number of carbonyl (C=O) groups is 1. The van der Waals surface area contributed by atoms with E-state index in [4.69, 9.17) is 4.74 Å². The summed E-state index contributed by atoms with van der Waals surface area (Å²) in [4.78, 5) is 25.1. The molecule has 0 N–H and O–H groups in total. The topological polar surface area (TPSA) is 58.6 Å². The first kappa shape index (κ1) is 18.7. The highest BCUT2D eigenvalue weighted by molar-refractivity contribution is 5.94. The van der Waals surface area contributed by atoms with Gasteiger partial charge in [-0.15, -0.1) is 0 Å². The van der Waals surface area contributed by atoms with Gasteiger partial charge in [0.15, 0.2) is 0 Å². The lowest BCUT2D eigenvalue weighted by molar-refractivity contribution is 0.0746. The number of benzene rings is 1. The Bertz CT molecular complexity index is 846. The summed E-state index contributed by atoms with van der Waals surface area (Å²) >= 11 is 0. The van der Waals surface area contributed by atoms with Crippen LogP contribution in [0, 0.1) is 12.7 Å². The quantitative estimate of drug-likeness (QED) is 0.810. The van der Waals surface area contributed by atoms with Crippen LogP contribution in [0.1, 0.15) is 41.6 Å². The van der Waals surface area contributed by atoms with Gasteiger partial charge in [0, 0.05) is 37.8 Å². The minimum absolute atomic E-state index is 0.133. The van der Waals surface area contributed by atoms with Gasteiger partial charge in [-0.3, -0.25) is 4.79 Å². The first-order valence-electron chi connectivity index (χ1n) is 9.89. The molecule has 4 rings (SSSR count). The van der Waals surface area contributed by atoms with Crippen LogP contribution in [0.5, 0.6) is 5.88 Å². The number of ether oxygens (including phenoxy) is 1. The molecule has 1 aliphatic heterocycles. The highest BCUT2D eigenvalue weighted by atomic mass is 19.1. The first-order chi connectivity index (χ1) is 13.6. The Hall–Kier alpha value is -2.70. The Balaban J connectivity index is 1.37. The Labute approximate surface area is 164 Å². The Morgan fingerprint density at radius 1 is 1.11 bits per heavy atom. The molecule has 1 amide bonds. The molecule has 1 aliphatic carbocycles. The summed E-state index contributed by atoms with van der Waals surface area (Å²) in [6, 6.07) is 6.53. The summed E-state index contributed by atoms with van der Waals surface area (Å²) in [7, 11) is 0. The minimum atomic E-state index is -0.347. The van der Waals surface area contributed by atoms with E-state index in [-0.39, 0.29) is 17.8 Å². The first-order valence-corrected chi connectivity index (χ1v) is 9.89. The van der Waals surface area contributed by atoms with E-state index in [1.165, 1.54) is 25.2 Å². The number of carbonyl (C=O) groups excluding carboxylic acids is 1. The molecule has 0 radical (unpaired) electrons. The zero-order valence-corrected chi connectivity index (χ0v) is 16.1. The molecule has 148 valence electrons. The van der Waals surface area contributed by atoms with Crippen LogP contribution in [0.2, 0.25) is 0 Å². The summed E-state index contributed by atoms with van der Waals surface area (Å²) in [6.45, 7) is 4.16. The highest BCUT2D eigenvalue weighted by Gasteiger charge is 2.24. The Kier molecular flexibility index (Phi) is 5.41. The van der Waals surface area contributed by atoms with Crippen LogP contribution in [-0.2, 0) is 0 Å². The van der Waals surface area contributed by atoms with Crippen LogP contribution >= 0.6 is 0 Å². The van der Waals surface area contributed by atoms with Crippen molar-refractivity contribution >= 4 is 11.7 Å². The number of aromatic nitrogens is 2. The van der Waals surface area contributed by atoms with Crippen molar-refractivity contribution in [1.29, 1.82) is 0 Å². The van der Waals surface area contributed by atoms with Gasteiger partial charge in [-0.2, -0.15) is 0 Å². The molecule has 6 nitrogen and oxygen atoms in total. The molecule has 0 spiro atoms. The molecule has 2 aliphatic rings. The predicted octanol–water partition coefficient (Wildman–Crippen LogP) is 3.21. The maximum Gasteiger partial charge on any atom is 0.254 e. The molecule has 2 aromatic rings. The number of nitrogens with zero attached hydrogens (tertiary/aromatic N) is 4. The van der Waals surface area contributed by atoms with Gasteiger partial charge in [0.1, 0.15) is 24.1 Å². The van der Waals surface area contributed by atoms with Crippen LogP contribution in [-0.4, -0.2) is 53.1 Å². The van der Waals surface area contributed by atoms with Crippen LogP contribution in [0.15, 0.2) is 30.6 Å². The molecule has 28 heavy (non-hydrogen) atoms. The number of halogens is 1. The second-order valence-electron chi connectivity index (χ2n) is 7.48. The fourth-order valence-electron chi connectivity index (χ4n) is 3.79. The SMILES string of the molecule is Cc1ccc(C(=O)N2CCN(c3cc(OC4CCCC4)ncn3)CC2)cc1F. The van der Waals surface area contributed by atoms with Gasteiger partial charge in [-0.25, -0.2) is 14.4 Å². The van der Waals surface area contributed by atoms with E-state index >= 15 is 0 Å². The van der Waals surface area contributed by atoms with Crippen LogP contribution < -0.4 is 9.64 Å². The summed E-state index contributed by atoms with van der Waals surface area (Å²) in [5.74, 6) is 0.953. The lowest BCUT2D eigenvalue weighted by atomic mass is 10.1. The van der Waals surface area contributed by atoms with Gasteiger partial charge >= 0.3 is 0 Å². The molecule has 2 heterocycles. The standard InChI is InChI=1S/C21H25FN4O2/c1-15-6-7-16(12-18(15)22)21(27)26-10-8-25(9-11-26)19-13-20(24-14-23-19)28-17-4-2-3-5-17/h6-7,12-14,17H,2-5,8-11H2,1H3. The number of aryl methyl sites for hydroxylation is 1. The molecule has 0 bridgehead atoms. The second-order valence-corrected chi connectivity index (χ2v) is 7.48. The Morgan fingerprint density at radius 2 is 1.86 bits per heavy atom. The van der Waals surface area contributed by atoms with Gasteiger partial charge in [0.25, 0.3) is 5.91 Å². The molecule has 1 aromatic heterocycles.